The summed E-state index contributed by atoms with van der Waals surface area (Å²) in [5, 5.41) is 22.1. The van der Waals surface area contributed by atoms with E-state index >= 15 is 0 Å². The molecule has 216 valence electrons. The van der Waals surface area contributed by atoms with Crippen molar-refractivity contribution >= 4 is 45.6 Å². The summed E-state index contributed by atoms with van der Waals surface area (Å²) in [6.07, 6.45) is 1.61. The van der Waals surface area contributed by atoms with Gasteiger partial charge < -0.3 is 25.3 Å². The molecule has 3 aromatic rings. The molecule has 1 amide bonds. The Morgan fingerprint density at radius 1 is 1.14 bits per heavy atom. The molecule has 1 aliphatic carbocycles. The Bertz CT molecular complexity index is 1640. The predicted molar refractivity (Wildman–Crippen MR) is 160 cm³/mol. The first-order valence-electron chi connectivity index (χ1n) is 13.0. The number of anilines is 2. The second-order valence-corrected chi connectivity index (χ2v) is 11.5. The van der Waals surface area contributed by atoms with Crippen LogP contribution in [0.3, 0.4) is 0 Å². The summed E-state index contributed by atoms with van der Waals surface area (Å²) < 4.78 is 16.7. The molecule has 0 bridgehead atoms. The van der Waals surface area contributed by atoms with Gasteiger partial charge in [-0.15, -0.1) is 10.2 Å². The molecule has 2 aromatic carbocycles. The minimum absolute atomic E-state index is 0.0397. The average Bonchev–Trinajstić information content (AvgIpc) is 3.48. The third kappa shape index (κ3) is 5.50. The second kappa shape index (κ2) is 12.5. The predicted octanol–water partition coefficient (Wildman–Crippen LogP) is 4.60. The van der Waals surface area contributed by atoms with Gasteiger partial charge in [-0.25, -0.2) is 0 Å². The average molecular weight is 605 g/mol. The SMILES string of the molecule is COc1ccc(NC(=O)CSc2nnc(N3C(N)=C(C#N)C(c4ccccc4OC)C4=C3CCCC4=O)s2)c(OC)c1. The quantitative estimate of drug-likeness (QED) is 0.330. The summed E-state index contributed by atoms with van der Waals surface area (Å²) >= 11 is 2.44. The molecule has 0 saturated heterocycles. The molecule has 2 heterocycles. The molecule has 0 fully saturated rings. The van der Waals surface area contributed by atoms with Crippen LogP contribution in [0.25, 0.3) is 0 Å². The number of aromatic nitrogens is 2. The fraction of sp³-hybridized carbons (Fsp3) is 0.276. The van der Waals surface area contributed by atoms with E-state index in [4.69, 9.17) is 19.9 Å². The molecule has 1 aromatic heterocycles. The third-order valence-electron chi connectivity index (χ3n) is 6.96. The Morgan fingerprint density at radius 3 is 2.67 bits per heavy atom. The Labute approximate surface area is 251 Å². The van der Waals surface area contributed by atoms with Crippen molar-refractivity contribution in [2.24, 2.45) is 5.73 Å². The van der Waals surface area contributed by atoms with Crippen molar-refractivity contribution in [1.82, 2.24) is 10.2 Å². The first-order valence-corrected chi connectivity index (χ1v) is 14.8. The normalized spacial score (nSPS) is 16.6. The standard InChI is InChI=1S/C29H28N6O5S2/c1-38-16-11-12-19(23(13-16)40-3)32-24(37)15-41-29-34-33-28(42-29)35-20-8-6-9-21(36)26(20)25(18(14-30)27(35)31)17-7-4-5-10-22(17)39-2/h4-5,7,10-13,25H,6,8-9,15,31H2,1-3H3,(H,32,37). The minimum atomic E-state index is -0.648. The van der Waals surface area contributed by atoms with Gasteiger partial charge in [0.1, 0.15) is 23.1 Å². The fourth-order valence-electron chi connectivity index (χ4n) is 5.09. The number of benzene rings is 2. The number of ether oxygens (including phenoxy) is 3. The van der Waals surface area contributed by atoms with Crippen molar-refractivity contribution in [3.63, 3.8) is 0 Å². The molecule has 2 aliphatic rings. The number of Topliss-reactive ketones (excluding diaryl/α,β-unsaturated/α-hetero) is 1. The van der Waals surface area contributed by atoms with Crippen LogP contribution >= 0.6 is 23.1 Å². The van der Waals surface area contributed by atoms with Crippen LogP contribution in [0.2, 0.25) is 0 Å². The highest BCUT2D eigenvalue weighted by Crippen LogP contribution is 2.48. The molecule has 1 unspecified atom stereocenters. The van der Waals surface area contributed by atoms with Crippen LogP contribution in [0.15, 0.2) is 69.5 Å². The van der Waals surface area contributed by atoms with Gasteiger partial charge in [-0.1, -0.05) is 41.3 Å². The van der Waals surface area contributed by atoms with Crippen molar-refractivity contribution in [2.75, 3.05) is 37.3 Å². The largest absolute Gasteiger partial charge is 0.497 e. The number of carbonyl (C=O) groups excluding carboxylic acids is 2. The van der Waals surface area contributed by atoms with Gasteiger partial charge in [-0.05, 0) is 31.0 Å². The van der Waals surface area contributed by atoms with Gasteiger partial charge in [0.05, 0.1) is 50.3 Å². The highest BCUT2D eigenvalue weighted by Gasteiger charge is 2.42. The maximum absolute atomic E-state index is 13.4. The highest BCUT2D eigenvalue weighted by atomic mass is 32.2. The number of thioether (sulfide) groups is 1. The van der Waals surface area contributed by atoms with Gasteiger partial charge in [0.25, 0.3) is 0 Å². The Balaban J connectivity index is 1.40. The lowest BCUT2D eigenvalue weighted by molar-refractivity contribution is -0.116. The number of amides is 1. The number of methoxy groups -OCH3 is 3. The topological polar surface area (TPSA) is 153 Å². The van der Waals surface area contributed by atoms with Crippen molar-refractivity contribution < 1.29 is 23.8 Å². The van der Waals surface area contributed by atoms with Gasteiger partial charge in [0, 0.05) is 29.3 Å². The van der Waals surface area contributed by atoms with E-state index in [1.165, 1.54) is 30.2 Å². The summed E-state index contributed by atoms with van der Waals surface area (Å²) in [6.45, 7) is 0. The molecule has 11 nitrogen and oxygen atoms in total. The summed E-state index contributed by atoms with van der Waals surface area (Å²) in [5.74, 6) is 0.976. The van der Waals surface area contributed by atoms with E-state index in [-0.39, 0.29) is 28.8 Å². The fourth-order valence-corrected chi connectivity index (χ4v) is 6.77. The molecule has 3 N–H and O–H groups in total. The molecule has 0 radical (unpaired) electrons. The third-order valence-corrected chi connectivity index (χ3v) is 9.00. The van der Waals surface area contributed by atoms with Crippen LogP contribution < -0.4 is 30.2 Å². The number of hydrogen-bond acceptors (Lipinski definition) is 12. The van der Waals surface area contributed by atoms with E-state index in [9.17, 15) is 14.9 Å². The Morgan fingerprint density at radius 2 is 1.93 bits per heavy atom. The second-order valence-electron chi connectivity index (χ2n) is 9.31. The van der Waals surface area contributed by atoms with E-state index < -0.39 is 5.92 Å². The number of rotatable bonds is 9. The van der Waals surface area contributed by atoms with Crippen molar-refractivity contribution in [2.45, 2.75) is 29.5 Å². The number of carbonyl (C=O) groups is 2. The van der Waals surface area contributed by atoms with E-state index in [0.717, 1.165) is 0 Å². The maximum atomic E-state index is 13.4. The zero-order valence-corrected chi connectivity index (χ0v) is 24.8. The molecular formula is C29H28N6O5S2. The molecular weight excluding hydrogens is 576 g/mol. The Hall–Kier alpha value is -4.54. The van der Waals surface area contributed by atoms with E-state index in [1.807, 2.05) is 18.2 Å². The number of ketones is 1. The first kappa shape index (κ1) is 29.0. The number of hydrogen-bond donors (Lipinski definition) is 2. The molecule has 0 spiro atoms. The lowest BCUT2D eigenvalue weighted by atomic mass is 9.75. The monoisotopic (exact) mass is 604 g/mol. The van der Waals surface area contributed by atoms with E-state index in [2.05, 4.69) is 21.6 Å². The molecule has 42 heavy (non-hydrogen) atoms. The lowest BCUT2D eigenvalue weighted by Crippen LogP contribution is -2.38. The summed E-state index contributed by atoms with van der Waals surface area (Å²) in [4.78, 5) is 27.7. The number of allylic oxidation sites excluding steroid dienone is 3. The van der Waals surface area contributed by atoms with Crippen LogP contribution in [0.4, 0.5) is 10.8 Å². The molecule has 1 aliphatic heterocycles. The number of nitrogens with one attached hydrogen (secondary N) is 1. The maximum Gasteiger partial charge on any atom is 0.234 e. The summed E-state index contributed by atoms with van der Waals surface area (Å²) in [6, 6.07) is 14.7. The summed E-state index contributed by atoms with van der Waals surface area (Å²) in [7, 11) is 4.62. The van der Waals surface area contributed by atoms with Crippen LogP contribution in [-0.4, -0.2) is 49.0 Å². The number of nitrogens with two attached hydrogens (primary N) is 1. The zero-order chi connectivity index (χ0) is 29.8. The van der Waals surface area contributed by atoms with Crippen molar-refractivity contribution in [3.8, 4) is 23.3 Å². The van der Waals surface area contributed by atoms with Gasteiger partial charge in [-0.3, -0.25) is 14.5 Å². The van der Waals surface area contributed by atoms with Crippen LogP contribution in [0.1, 0.15) is 30.7 Å². The number of para-hydroxylation sites is 1. The number of nitrogens with zero attached hydrogens (tertiary/aromatic N) is 4. The smallest absolute Gasteiger partial charge is 0.234 e. The minimum Gasteiger partial charge on any atom is -0.497 e. The lowest BCUT2D eigenvalue weighted by Gasteiger charge is -2.38. The molecule has 5 rings (SSSR count). The van der Waals surface area contributed by atoms with Crippen LogP contribution in [0.5, 0.6) is 17.2 Å². The Kier molecular flexibility index (Phi) is 8.65. The van der Waals surface area contributed by atoms with E-state index in [1.54, 1.807) is 43.4 Å². The van der Waals surface area contributed by atoms with Crippen molar-refractivity contribution in [3.05, 3.63) is 70.7 Å². The van der Waals surface area contributed by atoms with Gasteiger partial charge in [-0.2, -0.15) is 5.26 Å². The van der Waals surface area contributed by atoms with Crippen LogP contribution in [0, 0.1) is 11.3 Å². The first-order chi connectivity index (χ1) is 20.4. The highest BCUT2D eigenvalue weighted by molar-refractivity contribution is 8.01. The van der Waals surface area contributed by atoms with Gasteiger partial charge >= 0.3 is 0 Å². The molecule has 13 heteroatoms. The van der Waals surface area contributed by atoms with Gasteiger partial charge in [0.15, 0.2) is 10.1 Å². The summed E-state index contributed by atoms with van der Waals surface area (Å²) in [5.41, 5.74) is 9.33. The zero-order valence-electron chi connectivity index (χ0n) is 23.2. The molecule has 0 saturated carbocycles. The molecule has 1 atom stereocenters. The van der Waals surface area contributed by atoms with E-state index in [0.29, 0.717) is 68.5 Å². The van der Waals surface area contributed by atoms with Crippen molar-refractivity contribution in [1.29, 1.82) is 5.26 Å². The van der Waals surface area contributed by atoms with Crippen LogP contribution in [-0.2, 0) is 9.59 Å². The number of nitriles is 1. The van der Waals surface area contributed by atoms with Gasteiger partial charge in [0.2, 0.25) is 11.0 Å².